The van der Waals surface area contributed by atoms with E-state index in [-0.39, 0.29) is 29.7 Å². The summed E-state index contributed by atoms with van der Waals surface area (Å²) in [4.78, 5) is 40.9. The molecule has 2 aromatic carbocycles. The van der Waals surface area contributed by atoms with Crippen LogP contribution in [-0.2, 0) is 4.79 Å². The van der Waals surface area contributed by atoms with Crippen molar-refractivity contribution < 1.29 is 14.4 Å². The van der Waals surface area contributed by atoms with Crippen molar-refractivity contribution in [2.75, 3.05) is 13.1 Å². The quantitative estimate of drug-likeness (QED) is 0.674. The van der Waals surface area contributed by atoms with Crippen LogP contribution in [0.1, 0.15) is 65.0 Å². The number of aryl methyl sites for hydroxylation is 2. The molecule has 2 aromatic rings. The van der Waals surface area contributed by atoms with Gasteiger partial charge in [0.15, 0.2) is 0 Å². The molecular weight excluding hydrogens is 414 g/mol. The third-order valence-corrected chi connectivity index (χ3v) is 6.52. The van der Waals surface area contributed by atoms with Crippen LogP contribution in [0.3, 0.4) is 0 Å². The monoisotopic (exact) mass is 449 g/mol. The second kappa shape index (κ2) is 11.1. The van der Waals surface area contributed by atoms with E-state index in [0.29, 0.717) is 37.1 Å². The Kier molecular flexibility index (Phi) is 8.26. The van der Waals surface area contributed by atoms with Crippen LogP contribution in [0.15, 0.2) is 48.5 Å². The number of nitrogens with one attached hydrogen (secondary N) is 2. The molecule has 0 spiro atoms. The molecule has 6 heteroatoms. The van der Waals surface area contributed by atoms with Crippen molar-refractivity contribution in [1.82, 2.24) is 15.5 Å². The summed E-state index contributed by atoms with van der Waals surface area (Å²) in [5.74, 6) is -0.421. The van der Waals surface area contributed by atoms with Crippen molar-refractivity contribution >= 4 is 17.7 Å². The summed E-state index contributed by atoms with van der Waals surface area (Å²) in [7, 11) is 0. The van der Waals surface area contributed by atoms with E-state index >= 15 is 0 Å². The Morgan fingerprint density at radius 3 is 2.33 bits per heavy atom. The van der Waals surface area contributed by atoms with Crippen LogP contribution in [-0.4, -0.2) is 47.8 Å². The molecule has 33 heavy (non-hydrogen) atoms. The Morgan fingerprint density at radius 1 is 1.00 bits per heavy atom. The second-order valence-corrected chi connectivity index (χ2v) is 9.08. The fourth-order valence-corrected chi connectivity index (χ4v) is 4.28. The van der Waals surface area contributed by atoms with Crippen molar-refractivity contribution in [3.05, 3.63) is 70.8 Å². The van der Waals surface area contributed by atoms with Gasteiger partial charge < -0.3 is 15.5 Å². The summed E-state index contributed by atoms with van der Waals surface area (Å²) in [6.07, 6.45) is 2.13. The van der Waals surface area contributed by atoms with Crippen LogP contribution in [0.25, 0.3) is 0 Å². The summed E-state index contributed by atoms with van der Waals surface area (Å²) in [5, 5.41) is 6.03. The summed E-state index contributed by atoms with van der Waals surface area (Å²) < 4.78 is 0. The van der Waals surface area contributed by atoms with E-state index in [9.17, 15) is 14.4 Å². The molecule has 1 aliphatic rings. The third-order valence-electron chi connectivity index (χ3n) is 6.52. The first-order valence-corrected chi connectivity index (χ1v) is 11.8. The van der Waals surface area contributed by atoms with Crippen LogP contribution in [0.4, 0.5) is 0 Å². The molecule has 2 N–H and O–H groups in total. The zero-order valence-corrected chi connectivity index (χ0v) is 20.1. The number of hydrogen-bond donors (Lipinski definition) is 2. The fraction of sp³-hybridized carbons (Fsp3) is 0.444. The van der Waals surface area contributed by atoms with E-state index in [0.717, 1.165) is 17.5 Å². The Balaban J connectivity index is 1.71. The molecular formula is C27H35N3O3. The van der Waals surface area contributed by atoms with Gasteiger partial charge in [-0.2, -0.15) is 0 Å². The lowest BCUT2D eigenvalue weighted by Gasteiger charge is -2.36. The number of carbonyl (C=O) groups is 3. The summed E-state index contributed by atoms with van der Waals surface area (Å²) in [6, 6.07) is 14.4. The highest BCUT2D eigenvalue weighted by Crippen LogP contribution is 2.23. The van der Waals surface area contributed by atoms with Gasteiger partial charge in [-0.25, -0.2) is 0 Å². The second-order valence-electron chi connectivity index (χ2n) is 9.08. The zero-order valence-electron chi connectivity index (χ0n) is 20.1. The standard InChI is InChI=1S/C27H35N3O3/c1-5-20(4)28-26(32)24(29-25(31)23-12-7-6-10-19(23)3)21-13-15-30(16-14-21)27(33)22-11-8-9-18(2)17-22/h6-12,17,20-21,24H,5,13-16H2,1-4H3,(H,28,32)(H,29,31)/t20-,24+/m0/s1. The molecule has 0 unspecified atom stereocenters. The average Bonchev–Trinajstić information content (AvgIpc) is 2.82. The Bertz CT molecular complexity index is 996. The number of benzene rings is 2. The molecule has 1 fully saturated rings. The highest BCUT2D eigenvalue weighted by Gasteiger charge is 2.34. The van der Waals surface area contributed by atoms with Gasteiger partial charge in [-0.05, 0) is 69.7 Å². The van der Waals surface area contributed by atoms with Crippen LogP contribution in [0.5, 0.6) is 0 Å². The van der Waals surface area contributed by atoms with Gasteiger partial charge in [-0.15, -0.1) is 0 Å². The number of nitrogens with zero attached hydrogens (tertiary/aromatic N) is 1. The molecule has 3 amide bonds. The molecule has 3 rings (SSSR count). The highest BCUT2D eigenvalue weighted by atomic mass is 16.2. The van der Waals surface area contributed by atoms with E-state index in [1.165, 1.54) is 0 Å². The number of likely N-dealkylation sites (tertiary alicyclic amines) is 1. The molecule has 2 atom stereocenters. The van der Waals surface area contributed by atoms with Crippen molar-refractivity contribution in [3.8, 4) is 0 Å². The zero-order chi connectivity index (χ0) is 24.0. The van der Waals surface area contributed by atoms with Crippen LogP contribution in [0.2, 0.25) is 0 Å². The predicted molar refractivity (Wildman–Crippen MR) is 130 cm³/mol. The van der Waals surface area contributed by atoms with Gasteiger partial charge in [-0.3, -0.25) is 14.4 Å². The largest absolute Gasteiger partial charge is 0.352 e. The Labute approximate surface area is 196 Å². The minimum absolute atomic E-state index is 0.0155. The van der Waals surface area contributed by atoms with Gasteiger partial charge in [0.2, 0.25) is 5.91 Å². The maximum Gasteiger partial charge on any atom is 0.253 e. The van der Waals surface area contributed by atoms with E-state index in [4.69, 9.17) is 0 Å². The lowest BCUT2D eigenvalue weighted by molar-refractivity contribution is -0.125. The lowest BCUT2D eigenvalue weighted by Crippen LogP contribution is -2.55. The Hall–Kier alpha value is -3.15. The maximum atomic E-state index is 13.1. The number of piperidine rings is 1. The average molecular weight is 450 g/mol. The van der Waals surface area contributed by atoms with Crippen molar-refractivity contribution in [2.24, 2.45) is 5.92 Å². The predicted octanol–water partition coefficient (Wildman–Crippen LogP) is 3.87. The van der Waals surface area contributed by atoms with Gasteiger partial charge in [0.05, 0.1) is 0 Å². The number of carbonyl (C=O) groups excluding carboxylic acids is 3. The first kappa shape index (κ1) is 24.5. The molecule has 1 saturated heterocycles. The number of rotatable bonds is 7. The number of hydrogen-bond acceptors (Lipinski definition) is 3. The molecule has 1 aliphatic heterocycles. The normalized spacial score (nSPS) is 16.1. The van der Waals surface area contributed by atoms with Crippen molar-refractivity contribution in [1.29, 1.82) is 0 Å². The van der Waals surface area contributed by atoms with Crippen LogP contribution in [0, 0.1) is 19.8 Å². The Morgan fingerprint density at radius 2 is 1.70 bits per heavy atom. The maximum absolute atomic E-state index is 13.1. The summed E-state index contributed by atoms with van der Waals surface area (Å²) >= 11 is 0. The third kappa shape index (κ3) is 6.21. The van der Waals surface area contributed by atoms with Gasteiger partial charge in [0, 0.05) is 30.3 Å². The minimum Gasteiger partial charge on any atom is -0.352 e. The van der Waals surface area contributed by atoms with Gasteiger partial charge in [0.1, 0.15) is 6.04 Å². The van der Waals surface area contributed by atoms with Crippen molar-refractivity contribution in [3.63, 3.8) is 0 Å². The van der Waals surface area contributed by atoms with Crippen molar-refractivity contribution in [2.45, 2.75) is 59.0 Å². The summed E-state index contributed by atoms with van der Waals surface area (Å²) in [5.41, 5.74) is 3.18. The van der Waals surface area contributed by atoms with Gasteiger partial charge in [-0.1, -0.05) is 42.8 Å². The van der Waals surface area contributed by atoms with Crippen LogP contribution < -0.4 is 10.6 Å². The molecule has 0 bridgehead atoms. The molecule has 1 heterocycles. The fourth-order valence-electron chi connectivity index (χ4n) is 4.28. The van der Waals surface area contributed by atoms with Crippen LogP contribution >= 0.6 is 0 Å². The minimum atomic E-state index is -0.637. The number of amides is 3. The van der Waals surface area contributed by atoms with Gasteiger partial charge in [0.25, 0.3) is 11.8 Å². The molecule has 0 radical (unpaired) electrons. The molecule has 0 aromatic heterocycles. The first-order valence-electron chi connectivity index (χ1n) is 11.8. The van der Waals surface area contributed by atoms with Gasteiger partial charge >= 0.3 is 0 Å². The topological polar surface area (TPSA) is 78.5 Å². The molecule has 0 aliphatic carbocycles. The smallest absolute Gasteiger partial charge is 0.253 e. The van der Waals surface area contributed by atoms with E-state index in [1.807, 2.05) is 75.1 Å². The lowest BCUT2D eigenvalue weighted by atomic mass is 9.88. The van der Waals surface area contributed by atoms with E-state index in [1.54, 1.807) is 6.07 Å². The molecule has 0 saturated carbocycles. The van der Waals surface area contributed by atoms with E-state index < -0.39 is 6.04 Å². The molecule has 176 valence electrons. The van der Waals surface area contributed by atoms with E-state index in [2.05, 4.69) is 10.6 Å². The summed E-state index contributed by atoms with van der Waals surface area (Å²) in [6.45, 7) is 8.96. The highest BCUT2D eigenvalue weighted by molar-refractivity contribution is 5.99. The first-order chi connectivity index (χ1) is 15.8. The molecule has 6 nitrogen and oxygen atoms in total. The SMILES string of the molecule is CC[C@H](C)NC(=O)[C@H](NC(=O)c1ccccc1C)C1CCN(C(=O)c2cccc(C)c2)CC1.